The van der Waals surface area contributed by atoms with Crippen LogP contribution in [0.1, 0.15) is 18.9 Å². The predicted octanol–water partition coefficient (Wildman–Crippen LogP) is 2.77. The molecule has 1 aromatic rings. The van der Waals surface area contributed by atoms with Crippen LogP contribution in [0.15, 0.2) is 43.0 Å². The molecule has 0 radical (unpaired) electrons. The summed E-state index contributed by atoms with van der Waals surface area (Å²) in [6.45, 7) is 5.17. The number of hydrogen-bond acceptors (Lipinski definition) is 6. The van der Waals surface area contributed by atoms with Crippen LogP contribution in [0, 0.1) is 0 Å². The Kier molecular flexibility index (Phi) is 8.02. The number of hydrogen-bond donors (Lipinski definition) is 2. The Balaban J connectivity index is 2.13. The minimum atomic E-state index is -1.08. The van der Waals surface area contributed by atoms with Gasteiger partial charge in [-0.15, -0.1) is 0 Å². The van der Waals surface area contributed by atoms with Gasteiger partial charge in [0, 0.05) is 30.5 Å². The highest BCUT2D eigenvalue weighted by Crippen LogP contribution is 2.29. The van der Waals surface area contributed by atoms with Gasteiger partial charge in [0.2, 0.25) is 5.91 Å². The van der Waals surface area contributed by atoms with Crippen LogP contribution in [0.5, 0.6) is 0 Å². The quantitative estimate of drug-likeness (QED) is 0.517. The molecule has 1 aliphatic rings. The van der Waals surface area contributed by atoms with Crippen LogP contribution >= 0.6 is 11.8 Å². The van der Waals surface area contributed by atoms with E-state index in [2.05, 4.69) is 11.9 Å². The number of thioether (sulfide) groups is 1. The number of amides is 2. The van der Waals surface area contributed by atoms with Crippen LogP contribution < -0.4 is 5.32 Å². The maximum absolute atomic E-state index is 12.8. The number of nitrogens with zero attached hydrogens (tertiary/aromatic N) is 1. The molecule has 1 aliphatic heterocycles. The number of carbonyl (C=O) groups excluding carboxylic acids is 3. The zero-order valence-electron chi connectivity index (χ0n) is 15.9. The first kappa shape index (κ1) is 22.2. The summed E-state index contributed by atoms with van der Waals surface area (Å²) in [6, 6.07) is 5.86. The third-order valence-corrected chi connectivity index (χ3v) is 5.04. The summed E-state index contributed by atoms with van der Waals surface area (Å²) >= 11 is 1.09. The van der Waals surface area contributed by atoms with Crippen LogP contribution in [0.4, 0.5) is 10.5 Å². The number of carbonyl (C=O) groups is 4. The number of likely N-dealkylation sites (tertiary alicyclic amines) is 1. The van der Waals surface area contributed by atoms with Gasteiger partial charge in [-0.25, -0.2) is 9.59 Å². The van der Waals surface area contributed by atoms with Crippen molar-refractivity contribution in [2.75, 3.05) is 18.5 Å². The number of carboxylic acids is 1. The van der Waals surface area contributed by atoms with Gasteiger partial charge in [-0.05, 0) is 30.2 Å². The molecule has 0 spiro atoms. The number of anilines is 1. The minimum absolute atomic E-state index is 0.0200. The highest BCUT2D eigenvalue weighted by atomic mass is 32.2. The predicted molar refractivity (Wildman–Crippen MR) is 110 cm³/mol. The molecule has 1 heterocycles. The molecule has 1 fully saturated rings. The lowest BCUT2D eigenvalue weighted by atomic mass is 10.1. The van der Waals surface area contributed by atoms with E-state index in [1.807, 2.05) is 0 Å². The van der Waals surface area contributed by atoms with Crippen molar-refractivity contribution in [3.8, 4) is 0 Å². The fourth-order valence-electron chi connectivity index (χ4n) is 2.89. The maximum Gasteiger partial charge on any atom is 0.410 e. The second-order valence-electron chi connectivity index (χ2n) is 6.29. The van der Waals surface area contributed by atoms with Crippen molar-refractivity contribution in [1.29, 1.82) is 0 Å². The van der Waals surface area contributed by atoms with Gasteiger partial charge >= 0.3 is 12.1 Å². The molecule has 2 amide bonds. The Bertz CT molecular complexity index is 838. The summed E-state index contributed by atoms with van der Waals surface area (Å²) in [6.07, 6.45) is 3.51. The van der Waals surface area contributed by atoms with Gasteiger partial charge in [0.1, 0.15) is 12.6 Å². The summed E-state index contributed by atoms with van der Waals surface area (Å²) in [5.74, 6) is -1.49. The Morgan fingerprint density at radius 3 is 2.79 bits per heavy atom. The molecule has 2 rings (SSSR count). The van der Waals surface area contributed by atoms with Crippen LogP contribution in [0.3, 0.4) is 0 Å². The van der Waals surface area contributed by atoms with E-state index in [0.717, 1.165) is 17.8 Å². The first-order valence-corrected chi connectivity index (χ1v) is 9.71. The molecular weight excluding hydrogens is 396 g/mol. The van der Waals surface area contributed by atoms with Gasteiger partial charge in [0.15, 0.2) is 5.12 Å². The largest absolute Gasteiger partial charge is 0.478 e. The third-order valence-electron chi connectivity index (χ3n) is 4.03. The van der Waals surface area contributed by atoms with Crippen molar-refractivity contribution in [3.63, 3.8) is 0 Å². The molecule has 0 aliphatic carbocycles. The molecule has 0 aromatic heterocycles. The van der Waals surface area contributed by atoms with Crippen molar-refractivity contribution in [2.24, 2.45) is 0 Å². The van der Waals surface area contributed by atoms with Crippen molar-refractivity contribution in [3.05, 3.63) is 48.6 Å². The number of aliphatic carboxylic acids is 1. The summed E-state index contributed by atoms with van der Waals surface area (Å²) < 4.78 is 5.06. The van der Waals surface area contributed by atoms with E-state index >= 15 is 0 Å². The Labute approximate surface area is 172 Å². The lowest BCUT2D eigenvalue weighted by Gasteiger charge is -2.23. The first-order valence-electron chi connectivity index (χ1n) is 8.83. The van der Waals surface area contributed by atoms with Crippen LogP contribution in [-0.2, 0) is 19.1 Å². The summed E-state index contributed by atoms with van der Waals surface area (Å²) in [5.41, 5.74) is 1.06. The zero-order chi connectivity index (χ0) is 21.4. The minimum Gasteiger partial charge on any atom is -0.478 e. The standard InChI is InChI=1S/C20H22N2O6S/c1-3-9-28-20(27)22-12-16(29-13(2)23)11-17(22)19(26)21-15-6-4-5-14(10-15)7-8-18(24)25/h3-8,10,16-17H,1,9,11-12H2,2H3,(H,21,26)(H,24,25)/b8-7+/t16-,17+/m1/s1. The molecule has 1 saturated heterocycles. The second kappa shape index (κ2) is 10.5. The monoisotopic (exact) mass is 418 g/mol. The molecular formula is C20H22N2O6S. The second-order valence-corrected chi connectivity index (χ2v) is 7.76. The summed E-state index contributed by atoms with van der Waals surface area (Å²) in [4.78, 5) is 48.5. The van der Waals surface area contributed by atoms with Gasteiger partial charge in [0.05, 0.1) is 0 Å². The summed E-state index contributed by atoms with van der Waals surface area (Å²) in [7, 11) is 0. The normalized spacial score (nSPS) is 18.4. The van der Waals surface area contributed by atoms with Crippen LogP contribution in [0.2, 0.25) is 0 Å². The Morgan fingerprint density at radius 2 is 2.14 bits per heavy atom. The molecule has 1 aromatic carbocycles. The molecule has 0 unspecified atom stereocenters. The zero-order valence-corrected chi connectivity index (χ0v) is 16.7. The highest BCUT2D eigenvalue weighted by molar-refractivity contribution is 8.14. The number of benzene rings is 1. The summed E-state index contributed by atoms with van der Waals surface area (Å²) in [5, 5.41) is 11.2. The van der Waals surface area contributed by atoms with Crippen molar-refractivity contribution < 1.29 is 29.0 Å². The van der Waals surface area contributed by atoms with Crippen molar-refractivity contribution >= 4 is 46.6 Å². The number of carboxylic acid groups (broad SMARTS) is 1. The van der Waals surface area contributed by atoms with Gasteiger partial charge in [-0.1, -0.05) is 36.5 Å². The lowest BCUT2D eigenvalue weighted by molar-refractivity contribution is -0.131. The molecule has 2 atom stereocenters. The van der Waals surface area contributed by atoms with E-state index in [1.165, 1.54) is 24.0 Å². The SMILES string of the molecule is C=CCOC(=O)N1C[C@H](SC(C)=O)C[C@H]1C(=O)Nc1cccc(/C=C/C(=O)O)c1. The highest BCUT2D eigenvalue weighted by Gasteiger charge is 2.41. The van der Waals surface area contributed by atoms with E-state index in [4.69, 9.17) is 9.84 Å². The van der Waals surface area contributed by atoms with Crippen molar-refractivity contribution in [1.82, 2.24) is 4.90 Å². The molecule has 9 heteroatoms. The topological polar surface area (TPSA) is 113 Å². The van der Waals surface area contributed by atoms with Gasteiger partial charge < -0.3 is 15.2 Å². The molecule has 154 valence electrons. The Hall–Kier alpha value is -3.07. The number of rotatable bonds is 7. The fourth-order valence-corrected chi connectivity index (χ4v) is 3.88. The number of nitrogens with one attached hydrogen (secondary N) is 1. The van der Waals surface area contributed by atoms with Crippen LogP contribution in [-0.4, -0.2) is 57.5 Å². The fraction of sp³-hybridized carbons (Fsp3) is 0.300. The lowest BCUT2D eigenvalue weighted by Crippen LogP contribution is -2.43. The van der Waals surface area contributed by atoms with Gasteiger partial charge in [0.25, 0.3) is 0 Å². The van der Waals surface area contributed by atoms with Gasteiger partial charge in [-0.3, -0.25) is 14.5 Å². The van der Waals surface area contributed by atoms with E-state index < -0.39 is 24.0 Å². The number of ether oxygens (including phenoxy) is 1. The molecule has 29 heavy (non-hydrogen) atoms. The van der Waals surface area contributed by atoms with E-state index in [-0.39, 0.29) is 23.5 Å². The molecule has 2 N–H and O–H groups in total. The average Bonchev–Trinajstić information content (AvgIpc) is 3.08. The average molecular weight is 418 g/mol. The molecule has 0 bridgehead atoms. The van der Waals surface area contributed by atoms with E-state index in [0.29, 0.717) is 17.7 Å². The van der Waals surface area contributed by atoms with E-state index in [1.54, 1.807) is 24.3 Å². The molecule has 0 saturated carbocycles. The van der Waals surface area contributed by atoms with Crippen molar-refractivity contribution in [2.45, 2.75) is 24.6 Å². The molecule has 8 nitrogen and oxygen atoms in total. The van der Waals surface area contributed by atoms with Crippen LogP contribution in [0.25, 0.3) is 6.08 Å². The van der Waals surface area contributed by atoms with E-state index in [9.17, 15) is 19.2 Å². The third kappa shape index (κ3) is 6.79. The van der Waals surface area contributed by atoms with Gasteiger partial charge in [-0.2, -0.15) is 0 Å². The first-order chi connectivity index (χ1) is 13.8. The smallest absolute Gasteiger partial charge is 0.410 e. The maximum atomic E-state index is 12.8. The Morgan fingerprint density at radius 1 is 1.38 bits per heavy atom.